The van der Waals surface area contributed by atoms with Crippen molar-refractivity contribution < 1.29 is 14.3 Å². The highest BCUT2D eigenvalue weighted by molar-refractivity contribution is 6.30. The maximum Gasteiger partial charge on any atom is 0.328 e. The van der Waals surface area contributed by atoms with Gasteiger partial charge in [-0.3, -0.25) is 4.79 Å². The fraction of sp³-hybridized carbons (Fsp3) is 0.231. The number of esters is 1. The lowest BCUT2D eigenvalue weighted by atomic mass is 10.1. The highest BCUT2D eigenvalue weighted by Gasteiger charge is 2.36. The van der Waals surface area contributed by atoms with E-state index in [0.29, 0.717) is 46.8 Å². The summed E-state index contributed by atoms with van der Waals surface area (Å²) in [7, 11) is 1.35. The van der Waals surface area contributed by atoms with Gasteiger partial charge in [-0.15, -0.1) is 0 Å². The first-order valence-corrected chi connectivity index (χ1v) is 11.5. The lowest BCUT2D eigenvalue weighted by Crippen LogP contribution is -2.41. The Bertz CT molecular complexity index is 1350. The van der Waals surface area contributed by atoms with Gasteiger partial charge >= 0.3 is 5.97 Å². The molecule has 0 saturated carbocycles. The molecule has 0 spiro atoms. The lowest BCUT2D eigenvalue weighted by molar-refractivity contribution is -0.145. The van der Waals surface area contributed by atoms with E-state index in [9.17, 15) is 9.59 Å². The summed E-state index contributed by atoms with van der Waals surface area (Å²) in [5.41, 5.74) is 3.65. The van der Waals surface area contributed by atoms with Crippen LogP contribution in [0, 0.1) is 0 Å². The number of carbonyl (C=O) groups is 2. The van der Waals surface area contributed by atoms with Gasteiger partial charge in [0.25, 0.3) is 5.91 Å². The van der Waals surface area contributed by atoms with E-state index in [1.54, 1.807) is 21.8 Å². The van der Waals surface area contributed by atoms with Crippen LogP contribution in [0.15, 0.2) is 66.9 Å². The Morgan fingerprint density at radius 3 is 2.62 bits per heavy atom. The fourth-order valence-electron chi connectivity index (χ4n) is 4.41. The first-order valence-electron chi connectivity index (χ1n) is 11.1. The number of halogens is 1. The molecular formula is C26H23ClN4O3. The Kier molecular flexibility index (Phi) is 6.02. The molecule has 2 aromatic carbocycles. The van der Waals surface area contributed by atoms with Crippen LogP contribution in [-0.4, -0.2) is 51.2 Å². The van der Waals surface area contributed by atoms with Gasteiger partial charge in [0.15, 0.2) is 5.65 Å². The third-order valence-corrected chi connectivity index (χ3v) is 6.39. The van der Waals surface area contributed by atoms with Gasteiger partial charge in [-0.25, -0.2) is 14.5 Å². The molecule has 2 aromatic heterocycles. The highest BCUT2D eigenvalue weighted by atomic mass is 35.5. The molecule has 1 aliphatic heterocycles. The van der Waals surface area contributed by atoms with E-state index < -0.39 is 12.0 Å². The Morgan fingerprint density at radius 2 is 1.88 bits per heavy atom. The topological polar surface area (TPSA) is 77.3 Å². The molecule has 0 aliphatic carbocycles. The number of fused-ring (bicyclic) bond motifs is 1. The van der Waals surface area contributed by atoms with Crippen molar-refractivity contribution in [3.05, 3.63) is 83.0 Å². The summed E-state index contributed by atoms with van der Waals surface area (Å²) < 4.78 is 6.72. The maximum atomic E-state index is 13.7. The molecule has 172 valence electrons. The number of aromatic nitrogens is 3. The number of amides is 1. The maximum absolute atomic E-state index is 13.7. The number of likely N-dealkylation sites (tertiary alicyclic amines) is 1. The summed E-state index contributed by atoms with van der Waals surface area (Å²) in [5.74, 6) is -0.610. The minimum absolute atomic E-state index is 0.219. The summed E-state index contributed by atoms with van der Waals surface area (Å²) >= 11 is 6.03. The molecule has 34 heavy (non-hydrogen) atoms. The van der Waals surface area contributed by atoms with Crippen molar-refractivity contribution in [1.29, 1.82) is 0 Å². The van der Waals surface area contributed by atoms with E-state index in [2.05, 4.69) is 5.10 Å². The number of rotatable bonds is 5. The zero-order valence-electron chi connectivity index (χ0n) is 18.6. The van der Waals surface area contributed by atoms with Crippen molar-refractivity contribution in [2.75, 3.05) is 13.7 Å². The Labute approximate surface area is 201 Å². The van der Waals surface area contributed by atoms with Gasteiger partial charge in [0, 0.05) is 17.1 Å². The van der Waals surface area contributed by atoms with Crippen LogP contribution in [0.3, 0.4) is 0 Å². The zero-order chi connectivity index (χ0) is 23.7. The average molecular weight is 475 g/mol. The Hall–Kier alpha value is -3.71. The molecule has 1 saturated heterocycles. The minimum Gasteiger partial charge on any atom is -0.467 e. The average Bonchev–Trinajstić information content (AvgIpc) is 3.52. The van der Waals surface area contributed by atoms with Crippen molar-refractivity contribution in [3.63, 3.8) is 0 Å². The molecule has 1 fully saturated rings. The fourth-order valence-corrected chi connectivity index (χ4v) is 4.53. The van der Waals surface area contributed by atoms with Gasteiger partial charge in [0.1, 0.15) is 6.04 Å². The third-order valence-electron chi connectivity index (χ3n) is 6.14. The molecule has 0 N–H and O–H groups in total. The molecule has 1 aliphatic rings. The van der Waals surface area contributed by atoms with E-state index in [1.165, 1.54) is 7.11 Å². The number of nitrogens with zero attached hydrogens (tertiary/aromatic N) is 4. The molecule has 1 atom stereocenters. The minimum atomic E-state index is -0.579. The number of ether oxygens (including phenoxy) is 1. The molecule has 7 nitrogen and oxygen atoms in total. The van der Waals surface area contributed by atoms with Crippen LogP contribution < -0.4 is 0 Å². The van der Waals surface area contributed by atoms with E-state index in [0.717, 1.165) is 17.5 Å². The van der Waals surface area contributed by atoms with Gasteiger partial charge in [-0.05, 0) is 36.6 Å². The largest absolute Gasteiger partial charge is 0.467 e. The zero-order valence-corrected chi connectivity index (χ0v) is 19.4. The molecule has 4 aromatic rings. The number of carbonyl (C=O) groups excluding carboxylic acids is 2. The summed E-state index contributed by atoms with van der Waals surface area (Å²) in [4.78, 5) is 32.5. The summed E-state index contributed by atoms with van der Waals surface area (Å²) in [5, 5.41) is 5.86. The predicted octanol–water partition coefficient (Wildman–Crippen LogP) is 4.58. The van der Waals surface area contributed by atoms with Gasteiger partial charge in [0.05, 0.1) is 36.5 Å². The van der Waals surface area contributed by atoms with Crippen molar-refractivity contribution in [2.24, 2.45) is 0 Å². The standard InChI is InChI=1S/C26H23ClN4O3/c1-34-26(33)23-8-5-13-30(23)25(32)20-14-22(18-6-3-2-4-7-18)29-24-21(20)15-28-31(24)16-17-9-11-19(27)12-10-17/h2-4,6-7,9-12,14-15,23H,5,8,13,16H2,1H3. The van der Waals surface area contributed by atoms with Crippen LogP contribution in [0.4, 0.5) is 0 Å². The number of pyridine rings is 1. The third kappa shape index (κ3) is 4.15. The quantitative estimate of drug-likeness (QED) is 0.396. The number of hydrogen-bond donors (Lipinski definition) is 0. The van der Waals surface area contributed by atoms with E-state index >= 15 is 0 Å². The molecule has 8 heteroatoms. The number of hydrogen-bond acceptors (Lipinski definition) is 5. The molecular weight excluding hydrogens is 452 g/mol. The molecule has 0 bridgehead atoms. The van der Waals surface area contributed by atoms with Gasteiger partial charge < -0.3 is 9.64 Å². The molecule has 1 amide bonds. The van der Waals surface area contributed by atoms with E-state index in [-0.39, 0.29) is 5.91 Å². The molecule has 1 unspecified atom stereocenters. The van der Waals surface area contributed by atoms with E-state index in [1.807, 2.05) is 54.6 Å². The molecule has 3 heterocycles. The van der Waals surface area contributed by atoms with Crippen molar-refractivity contribution in [3.8, 4) is 11.3 Å². The smallest absolute Gasteiger partial charge is 0.328 e. The first kappa shape index (κ1) is 22.1. The first-order chi connectivity index (χ1) is 16.5. The second-order valence-corrected chi connectivity index (χ2v) is 8.70. The van der Waals surface area contributed by atoms with Crippen LogP contribution in [-0.2, 0) is 16.1 Å². The molecule has 5 rings (SSSR count). The van der Waals surface area contributed by atoms with Crippen molar-refractivity contribution in [1.82, 2.24) is 19.7 Å². The van der Waals surface area contributed by atoms with Gasteiger partial charge in [-0.2, -0.15) is 5.10 Å². The van der Waals surface area contributed by atoms with Gasteiger partial charge in [0.2, 0.25) is 0 Å². The summed E-state index contributed by atoms with van der Waals surface area (Å²) in [6, 6.07) is 18.5. The second kappa shape index (κ2) is 9.27. The van der Waals surface area contributed by atoms with Crippen molar-refractivity contribution >= 4 is 34.5 Å². The van der Waals surface area contributed by atoms with Crippen LogP contribution in [0.5, 0.6) is 0 Å². The SMILES string of the molecule is COC(=O)C1CCCN1C(=O)c1cc(-c2ccccc2)nc2c1cnn2Cc1ccc(Cl)cc1. The number of benzene rings is 2. The predicted molar refractivity (Wildman–Crippen MR) is 130 cm³/mol. The van der Waals surface area contributed by atoms with Crippen LogP contribution in [0.1, 0.15) is 28.8 Å². The van der Waals surface area contributed by atoms with Gasteiger partial charge in [-0.1, -0.05) is 54.1 Å². The Morgan fingerprint density at radius 1 is 1.12 bits per heavy atom. The van der Waals surface area contributed by atoms with Crippen LogP contribution in [0.25, 0.3) is 22.3 Å². The summed E-state index contributed by atoms with van der Waals surface area (Å²) in [6.07, 6.45) is 3.01. The van der Waals surface area contributed by atoms with Crippen molar-refractivity contribution in [2.45, 2.75) is 25.4 Å². The van der Waals surface area contributed by atoms with Crippen LogP contribution in [0.2, 0.25) is 5.02 Å². The highest BCUT2D eigenvalue weighted by Crippen LogP contribution is 2.29. The summed E-state index contributed by atoms with van der Waals surface area (Å²) in [6.45, 7) is 0.982. The monoisotopic (exact) mass is 474 g/mol. The molecule has 0 radical (unpaired) electrons. The second-order valence-electron chi connectivity index (χ2n) is 8.27. The lowest BCUT2D eigenvalue weighted by Gasteiger charge is -2.23. The van der Waals surface area contributed by atoms with Crippen LogP contribution >= 0.6 is 11.6 Å². The Balaban J connectivity index is 1.62. The normalized spacial score (nSPS) is 15.6. The number of methoxy groups -OCH3 is 1. The van der Waals surface area contributed by atoms with E-state index in [4.69, 9.17) is 21.3 Å².